The van der Waals surface area contributed by atoms with Crippen molar-refractivity contribution in [2.24, 2.45) is 0 Å². The highest BCUT2D eigenvalue weighted by Gasteiger charge is 2.04. The van der Waals surface area contributed by atoms with Gasteiger partial charge >= 0.3 is 0 Å². The third-order valence-electron chi connectivity index (χ3n) is 3.91. The molecule has 0 aliphatic rings. The molecular formula is C18H39P. The molecule has 19 heavy (non-hydrogen) atoms. The first kappa shape index (κ1) is 19.4. The normalized spacial score (nSPS) is 11.4. The lowest BCUT2D eigenvalue weighted by Crippen LogP contribution is -1.94. The molecule has 0 rings (SSSR count). The Balaban J connectivity index is 3.20. The van der Waals surface area contributed by atoms with Gasteiger partial charge in [-0.1, -0.05) is 91.4 Å². The van der Waals surface area contributed by atoms with E-state index in [4.69, 9.17) is 0 Å². The quantitative estimate of drug-likeness (QED) is 0.220. The van der Waals surface area contributed by atoms with E-state index in [0.717, 1.165) is 0 Å². The molecule has 0 aliphatic carbocycles. The van der Waals surface area contributed by atoms with E-state index in [1.807, 2.05) is 0 Å². The summed E-state index contributed by atoms with van der Waals surface area (Å²) in [4.78, 5) is 0. The van der Waals surface area contributed by atoms with Crippen LogP contribution in [0.25, 0.3) is 0 Å². The van der Waals surface area contributed by atoms with Crippen LogP contribution in [0, 0.1) is 0 Å². The minimum absolute atomic E-state index is 0.405. The zero-order valence-electron chi connectivity index (χ0n) is 14.1. The molecule has 0 amide bonds. The zero-order valence-corrected chi connectivity index (χ0v) is 14.9. The number of rotatable bonds is 15. The first-order chi connectivity index (χ1) is 9.35. The van der Waals surface area contributed by atoms with Gasteiger partial charge in [0.1, 0.15) is 0 Å². The SMILES string of the molecule is CCCCCCCCCCCCP(CCC)CCC. The van der Waals surface area contributed by atoms with Crippen molar-refractivity contribution in [2.45, 2.75) is 97.8 Å². The van der Waals surface area contributed by atoms with Gasteiger partial charge in [-0.2, -0.15) is 0 Å². The van der Waals surface area contributed by atoms with Gasteiger partial charge in [0, 0.05) is 0 Å². The van der Waals surface area contributed by atoms with Crippen molar-refractivity contribution in [3.05, 3.63) is 0 Å². The highest BCUT2D eigenvalue weighted by atomic mass is 31.1. The molecule has 0 bridgehead atoms. The van der Waals surface area contributed by atoms with Crippen LogP contribution < -0.4 is 0 Å². The highest BCUT2D eigenvalue weighted by Crippen LogP contribution is 2.37. The van der Waals surface area contributed by atoms with Crippen molar-refractivity contribution in [2.75, 3.05) is 18.5 Å². The maximum atomic E-state index is 2.35. The summed E-state index contributed by atoms with van der Waals surface area (Å²) in [5, 5.41) is 0. The third kappa shape index (κ3) is 14.6. The third-order valence-corrected chi connectivity index (χ3v) is 7.02. The average Bonchev–Trinajstić information content (AvgIpc) is 2.41. The van der Waals surface area contributed by atoms with Gasteiger partial charge < -0.3 is 0 Å². The van der Waals surface area contributed by atoms with Crippen LogP contribution in [-0.2, 0) is 0 Å². The highest BCUT2D eigenvalue weighted by molar-refractivity contribution is 7.57. The second-order valence-electron chi connectivity index (χ2n) is 6.02. The van der Waals surface area contributed by atoms with Crippen molar-refractivity contribution < 1.29 is 0 Å². The largest absolute Gasteiger partial charge is 0.107 e. The second kappa shape index (κ2) is 16.5. The van der Waals surface area contributed by atoms with E-state index >= 15 is 0 Å². The van der Waals surface area contributed by atoms with Crippen LogP contribution in [0.5, 0.6) is 0 Å². The average molecular weight is 286 g/mol. The van der Waals surface area contributed by atoms with Crippen molar-refractivity contribution in [1.29, 1.82) is 0 Å². The second-order valence-corrected chi connectivity index (χ2v) is 8.71. The summed E-state index contributed by atoms with van der Waals surface area (Å²) < 4.78 is 0. The molecule has 0 aromatic heterocycles. The lowest BCUT2D eigenvalue weighted by Gasteiger charge is -2.15. The topological polar surface area (TPSA) is 0 Å². The van der Waals surface area contributed by atoms with Crippen LogP contribution in [0.2, 0.25) is 0 Å². The fourth-order valence-corrected chi connectivity index (χ4v) is 5.40. The summed E-state index contributed by atoms with van der Waals surface area (Å²) in [6.45, 7) is 7.00. The number of unbranched alkanes of at least 4 members (excludes halogenated alkanes) is 9. The van der Waals surface area contributed by atoms with Gasteiger partial charge in [0.15, 0.2) is 0 Å². The van der Waals surface area contributed by atoms with Crippen molar-refractivity contribution in [3.63, 3.8) is 0 Å². The van der Waals surface area contributed by atoms with Crippen molar-refractivity contribution in [1.82, 2.24) is 0 Å². The Kier molecular flexibility index (Phi) is 16.9. The van der Waals surface area contributed by atoms with Gasteiger partial charge in [-0.25, -0.2) is 0 Å². The Labute approximate surface area is 124 Å². The van der Waals surface area contributed by atoms with Crippen molar-refractivity contribution in [3.8, 4) is 0 Å². The summed E-state index contributed by atoms with van der Waals surface area (Å²) >= 11 is 0. The molecule has 1 heteroatoms. The number of hydrogen-bond donors (Lipinski definition) is 0. The fraction of sp³-hybridized carbons (Fsp3) is 1.00. The fourth-order valence-electron chi connectivity index (χ4n) is 2.79. The molecule has 0 aromatic rings. The lowest BCUT2D eigenvalue weighted by molar-refractivity contribution is 0.562. The predicted octanol–water partition coefficient (Wildman–Crippen LogP) is 7.21. The molecule has 0 radical (unpaired) electrons. The first-order valence-corrected chi connectivity index (χ1v) is 11.0. The summed E-state index contributed by atoms with van der Waals surface area (Å²) in [6.07, 6.45) is 22.2. The maximum absolute atomic E-state index is 2.35. The molecule has 0 spiro atoms. The van der Waals surface area contributed by atoms with Crippen LogP contribution in [-0.4, -0.2) is 18.5 Å². The van der Waals surface area contributed by atoms with E-state index in [9.17, 15) is 0 Å². The molecule has 0 atom stereocenters. The van der Waals surface area contributed by atoms with Gasteiger partial charge in [0.05, 0.1) is 0 Å². The van der Waals surface area contributed by atoms with Crippen molar-refractivity contribution >= 4 is 7.92 Å². The first-order valence-electron chi connectivity index (χ1n) is 9.07. The van der Waals surface area contributed by atoms with Gasteiger partial charge in [-0.3, -0.25) is 0 Å². The summed E-state index contributed by atoms with van der Waals surface area (Å²) in [5.41, 5.74) is 0. The number of hydrogen-bond acceptors (Lipinski definition) is 0. The van der Waals surface area contributed by atoms with Gasteiger partial charge in [0.25, 0.3) is 0 Å². The molecule has 0 saturated heterocycles. The minimum Gasteiger partial charge on any atom is -0.107 e. The smallest absolute Gasteiger partial charge is 0.0326 e. The van der Waals surface area contributed by atoms with Gasteiger partial charge in [0.2, 0.25) is 0 Å². The molecule has 116 valence electrons. The standard InChI is InChI=1S/C18H39P/c1-4-7-8-9-10-11-12-13-14-15-18-19(16-5-2)17-6-3/h4-18H2,1-3H3. The Morgan fingerprint density at radius 2 is 0.842 bits per heavy atom. The Hall–Kier alpha value is 0.430. The molecular weight excluding hydrogens is 247 g/mol. The molecule has 0 unspecified atom stereocenters. The molecule has 0 saturated carbocycles. The minimum atomic E-state index is 0.405. The Morgan fingerprint density at radius 1 is 0.421 bits per heavy atom. The lowest BCUT2D eigenvalue weighted by atomic mass is 10.1. The summed E-state index contributed by atoms with van der Waals surface area (Å²) in [5.74, 6) is 0. The molecule has 0 aliphatic heterocycles. The van der Waals surface area contributed by atoms with Crippen LogP contribution >= 0.6 is 7.92 Å². The van der Waals surface area contributed by atoms with Gasteiger partial charge in [-0.15, -0.1) is 7.92 Å². The Bertz CT molecular complexity index is 150. The van der Waals surface area contributed by atoms with Crippen LogP contribution in [0.15, 0.2) is 0 Å². The molecule has 0 aromatic carbocycles. The molecule has 0 fully saturated rings. The van der Waals surface area contributed by atoms with Crippen LogP contribution in [0.3, 0.4) is 0 Å². The maximum Gasteiger partial charge on any atom is -0.0326 e. The van der Waals surface area contributed by atoms with E-state index in [1.165, 1.54) is 89.4 Å². The molecule has 0 nitrogen and oxygen atoms in total. The van der Waals surface area contributed by atoms with Gasteiger partial charge in [-0.05, 0) is 24.9 Å². The monoisotopic (exact) mass is 286 g/mol. The van der Waals surface area contributed by atoms with Crippen LogP contribution in [0.1, 0.15) is 97.8 Å². The molecule has 0 N–H and O–H groups in total. The summed E-state index contributed by atoms with van der Waals surface area (Å²) in [7, 11) is 0.405. The van der Waals surface area contributed by atoms with E-state index in [0.29, 0.717) is 7.92 Å². The van der Waals surface area contributed by atoms with E-state index in [-0.39, 0.29) is 0 Å². The van der Waals surface area contributed by atoms with E-state index < -0.39 is 0 Å². The van der Waals surface area contributed by atoms with Crippen LogP contribution in [0.4, 0.5) is 0 Å². The predicted molar refractivity (Wildman–Crippen MR) is 93.9 cm³/mol. The van der Waals surface area contributed by atoms with E-state index in [1.54, 1.807) is 6.16 Å². The summed E-state index contributed by atoms with van der Waals surface area (Å²) in [6, 6.07) is 0. The van der Waals surface area contributed by atoms with E-state index in [2.05, 4.69) is 20.8 Å². The Morgan fingerprint density at radius 3 is 1.26 bits per heavy atom. The molecule has 0 heterocycles. The zero-order chi connectivity index (χ0) is 14.2.